The van der Waals surface area contributed by atoms with Crippen molar-refractivity contribution in [1.29, 1.82) is 0 Å². The van der Waals surface area contributed by atoms with Gasteiger partial charge in [-0.05, 0) is 30.3 Å². The Morgan fingerprint density at radius 1 is 1.21 bits per heavy atom. The first-order chi connectivity index (χ1) is 13.1. The van der Waals surface area contributed by atoms with E-state index in [4.69, 9.17) is 4.84 Å². The Morgan fingerprint density at radius 2 is 1.96 bits per heavy atom. The number of amides is 1. The fourth-order valence-corrected chi connectivity index (χ4v) is 2.77. The first kappa shape index (κ1) is 19.7. The number of hydrogen-bond donors (Lipinski definition) is 1. The summed E-state index contributed by atoms with van der Waals surface area (Å²) in [5, 5.41) is 6.28. The van der Waals surface area contributed by atoms with Gasteiger partial charge in [0.2, 0.25) is 6.10 Å². The number of rotatable bonds is 4. The topological polar surface area (TPSA) is 53.9 Å². The van der Waals surface area contributed by atoms with E-state index in [1.165, 1.54) is 24.3 Å². The Hall–Kier alpha value is -3.10. The van der Waals surface area contributed by atoms with Gasteiger partial charge in [0, 0.05) is 26.1 Å². The van der Waals surface area contributed by atoms with Gasteiger partial charge in [0.05, 0.1) is 22.6 Å². The molecule has 1 aliphatic heterocycles. The zero-order valence-electron chi connectivity index (χ0n) is 15.0. The average molecular weight is 395 g/mol. The smallest absolute Gasteiger partial charge is 0.382 e. The highest BCUT2D eigenvalue weighted by Gasteiger charge is 2.33. The second-order valence-electron chi connectivity index (χ2n) is 6.46. The molecule has 1 amide bonds. The molecule has 9 heteroatoms. The van der Waals surface area contributed by atoms with Gasteiger partial charge in [-0.15, -0.1) is 0 Å². The second-order valence-corrected chi connectivity index (χ2v) is 6.46. The van der Waals surface area contributed by atoms with E-state index >= 15 is 0 Å². The van der Waals surface area contributed by atoms with Crippen molar-refractivity contribution in [3.8, 4) is 0 Å². The van der Waals surface area contributed by atoms with Crippen LogP contribution in [0.5, 0.6) is 0 Å². The molecule has 0 fully saturated rings. The number of anilines is 2. The zero-order chi connectivity index (χ0) is 20.5. The van der Waals surface area contributed by atoms with E-state index in [1.807, 2.05) is 0 Å². The molecule has 1 atom stereocenters. The molecule has 5 nitrogen and oxygen atoms in total. The van der Waals surface area contributed by atoms with Gasteiger partial charge < -0.3 is 15.1 Å². The first-order valence-electron chi connectivity index (χ1n) is 8.33. The lowest BCUT2D eigenvalue weighted by Gasteiger charge is -2.20. The van der Waals surface area contributed by atoms with Gasteiger partial charge in [-0.1, -0.05) is 17.3 Å². The summed E-state index contributed by atoms with van der Waals surface area (Å²) in [6.45, 7) is 0. The molecule has 0 radical (unpaired) electrons. The minimum Gasteiger partial charge on any atom is -0.382 e. The van der Waals surface area contributed by atoms with Crippen molar-refractivity contribution in [3.63, 3.8) is 0 Å². The monoisotopic (exact) mass is 395 g/mol. The summed E-state index contributed by atoms with van der Waals surface area (Å²) in [6.07, 6.45) is -5.49. The van der Waals surface area contributed by atoms with E-state index in [1.54, 1.807) is 25.1 Å². The third-order valence-electron chi connectivity index (χ3n) is 4.18. The van der Waals surface area contributed by atoms with Crippen LogP contribution >= 0.6 is 0 Å². The summed E-state index contributed by atoms with van der Waals surface area (Å²) >= 11 is 0. The van der Waals surface area contributed by atoms with Crippen molar-refractivity contribution >= 4 is 23.0 Å². The first-order valence-corrected chi connectivity index (χ1v) is 8.33. The fourth-order valence-electron chi connectivity index (χ4n) is 2.77. The number of hydrogen-bond acceptors (Lipinski definition) is 4. The van der Waals surface area contributed by atoms with Gasteiger partial charge in [0.25, 0.3) is 5.91 Å². The predicted octanol–water partition coefficient (Wildman–Crippen LogP) is 4.04. The maximum Gasteiger partial charge on any atom is 0.416 e. The highest BCUT2D eigenvalue weighted by atomic mass is 19.4. The van der Waals surface area contributed by atoms with Crippen LogP contribution in [0.25, 0.3) is 0 Å². The standard InChI is InChI=1S/C19H17F4N3O2/c1-26(2)16-7-6-12(19(21,22)23)9-15(16)24-18(27)17-10-14(25-28-17)11-4-3-5-13(20)8-11/h3-9,17H,10H2,1-2H3,(H,24,27). The molecule has 1 N–H and O–H groups in total. The molecule has 1 unspecified atom stereocenters. The van der Waals surface area contributed by atoms with E-state index in [0.717, 1.165) is 12.1 Å². The lowest BCUT2D eigenvalue weighted by molar-refractivity contribution is -0.137. The van der Waals surface area contributed by atoms with E-state index in [0.29, 0.717) is 17.0 Å². The third-order valence-corrected chi connectivity index (χ3v) is 4.18. The Labute approximate surface area is 158 Å². The van der Waals surface area contributed by atoms with Crippen molar-refractivity contribution in [2.45, 2.75) is 18.7 Å². The lowest BCUT2D eigenvalue weighted by Crippen LogP contribution is -2.29. The lowest BCUT2D eigenvalue weighted by atomic mass is 10.0. The summed E-state index contributed by atoms with van der Waals surface area (Å²) in [7, 11) is 3.30. The summed E-state index contributed by atoms with van der Waals surface area (Å²) < 4.78 is 52.4. The van der Waals surface area contributed by atoms with Crippen LogP contribution in [0.1, 0.15) is 17.5 Å². The summed E-state index contributed by atoms with van der Waals surface area (Å²) in [6, 6.07) is 8.77. The van der Waals surface area contributed by atoms with Crippen LogP contribution in [0.4, 0.5) is 28.9 Å². The molecule has 2 aromatic rings. The molecule has 1 aliphatic rings. The Balaban J connectivity index is 1.76. The highest BCUT2D eigenvalue weighted by Crippen LogP contribution is 2.35. The summed E-state index contributed by atoms with van der Waals surface area (Å²) in [5.41, 5.74) is 0.399. The maximum absolute atomic E-state index is 13.3. The molecular weight excluding hydrogens is 378 g/mol. The van der Waals surface area contributed by atoms with E-state index in [2.05, 4.69) is 10.5 Å². The number of oxime groups is 1. The minimum absolute atomic E-state index is 0.00707. The van der Waals surface area contributed by atoms with Gasteiger partial charge in [-0.3, -0.25) is 4.79 Å². The minimum atomic E-state index is -4.54. The van der Waals surface area contributed by atoms with Gasteiger partial charge >= 0.3 is 6.18 Å². The van der Waals surface area contributed by atoms with Gasteiger partial charge in [-0.2, -0.15) is 13.2 Å². The SMILES string of the molecule is CN(C)c1ccc(C(F)(F)F)cc1NC(=O)C1CC(c2cccc(F)c2)=NO1. The Bertz CT molecular complexity index is 926. The normalized spacial score (nSPS) is 16.4. The van der Waals surface area contributed by atoms with E-state index < -0.39 is 29.6 Å². The second kappa shape index (κ2) is 7.49. The molecular formula is C19H17F4N3O2. The molecule has 0 aliphatic carbocycles. The van der Waals surface area contributed by atoms with Crippen LogP contribution in [0, 0.1) is 5.82 Å². The van der Waals surface area contributed by atoms with Crippen LogP contribution in [-0.2, 0) is 15.8 Å². The van der Waals surface area contributed by atoms with Crippen molar-refractivity contribution in [1.82, 2.24) is 0 Å². The summed E-state index contributed by atoms with van der Waals surface area (Å²) in [4.78, 5) is 19.2. The van der Waals surface area contributed by atoms with E-state index in [-0.39, 0.29) is 12.1 Å². The largest absolute Gasteiger partial charge is 0.416 e. The van der Waals surface area contributed by atoms with Crippen molar-refractivity contribution in [2.24, 2.45) is 5.16 Å². The molecule has 0 bridgehead atoms. The van der Waals surface area contributed by atoms with Crippen molar-refractivity contribution < 1.29 is 27.2 Å². The third kappa shape index (κ3) is 4.24. The Kier molecular flexibility index (Phi) is 5.26. The molecule has 1 heterocycles. The molecule has 2 aromatic carbocycles. The van der Waals surface area contributed by atoms with Gasteiger partial charge in [0.1, 0.15) is 5.82 Å². The zero-order valence-corrected chi connectivity index (χ0v) is 15.0. The number of halogens is 4. The van der Waals surface area contributed by atoms with Crippen LogP contribution in [0.15, 0.2) is 47.6 Å². The van der Waals surface area contributed by atoms with E-state index in [9.17, 15) is 22.4 Å². The van der Waals surface area contributed by atoms with Crippen molar-refractivity contribution in [2.75, 3.05) is 24.3 Å². The molecule has 0 spiro atoms. The van der Waals surface area contributed by atoms with Crippen molar-refractivity contribution in [3.05, 3.63) is 59.4 Å². The molecule has 148 valence electrons. The number of nitrogens with one attached hydrogen (secondary N) is 1. The molecule has 0 aromatic heterocycles. The van der Waals surface area contributed by atoms with Gasteiger partial charge in [-0.25, -0.2) is 4.39 Å². The molecule has 0 saturated heterocycles. The Morgan fingerprint density at radius 3 is 2.61 bits per heavy atom. The van der Waals surface area contributed by atoms with Crippen LogP contribution in [-0.4, -0.2) is 31.8 Å². The number of nitrogens with zero attached hydrogens (tertiary/aromatic N) is 2. The number of carbonyl (C=O) groups is 1. The number of carbonyl (C=O) groups excluding carboxylic acids is 1. The van der Waals surface area contributed by atoms with Gasteiger partial charge in [0.15, 0.2) is 0 Å². The van der Waals surface area contributed by atoms with Crippen LogP contribution in [0.3, 0.4) is 0 Å². The maximum atomic E-state index is 13.3. The molecule has 28 heavy (non-hydrogen) atoms. The van der Waals surface area contributed by atoms with Crippen LogP contribution < -0.4 is 10.2 Å². The number of alkyl halides is 3. The van der Waals surface area contributed by atoms with Crippen LogP contribution in [0.2, 0.25) is 0 Å². The fraction of sp³-hybridized carbons (Fsp3) is 0.263. The highest BCUT2D eigenvalue weighted by molar-refractivity contribution is 6.06. The quantitative estimate of drug-likeness (QED) is 0.795. The number of benzene rings is 2. The predicted molar refractivity (Wildman–Crippen MR) is 96.8 cm³/mol. The average Bonchev–Trinajstić information content (AvgIpc) is 3.11. The summed E-state index contributed by atoms with van der Waals surface area (Å²) in [5.74, 6) is -1.09. The molecule has 3 rings (SSSR count). The molecule has 0 saturated carbocycles.